The fourth-order valence-electron chi connectivity index (χ4n) is 0.565. The van der Waals surface area contributed by atoms with Crippen LogP contribution < -0.4 is 0 Å². The molecule has 0 heterocycles. The highest BCUT2D eigenvalue weighted by Gasteiger charge is 2.15. The third kappa shape index (κ3) is 3.95. The molecule has 2 atom stereocenters. The molecule has 0 bridgehead atoms. The van der Waals surface area contributed by atoms with Crippen LogP contribution in [0.4, 0.5) is 0 Å². The predicted octanol–water partition coefficient (Wildman–Crippen LogP) is 0.557. The number of carbonyl (C=O) groups is 1. The van der Waals surface area contributed by atoms with E-state index in [9.17, 15) is 4.79 Å². The Kier molecular flexibility index (Phi) is 4.81. The maximum atomic E-state index is 10.8. The fourth-order valence-corrected chi connectivity index (χ4v) is 0.565. The molecule has 4 nitrogen and oxygen atoms in total. The first-order valence-electron chi connectivity index (χ1n) is 3.38. The maximum Gasteiger partial charge on any atom is 0.334 e. The molecule has 0 rings (SSSR count). The van der Waals surface area contributed by atoms with Crippen molar-refractivity contribution in [3.05, 3.63) is 0 Å². The Balaban J connectivity index is 3.67. The zero-order chi connectivity index (χ0) is 8.85. The number of rotatable bonds is 4. The van der Waals surface area contributed by atoms with Crippen LogP contribution in [-0.2, 0) is 19.0 Å². The molecule has 4 heteroatoms. The van der Waals surface area contributed by atoms with Crippen molar-refractivity contribution < 1.29 is 19.0 Å². The van der Waals surface area contributed by atoms with Gasteiger partial charge in [0.1, 0.15) is 0 Å². The lowest BCUT2D eigenvalue weighted by Gasteiger charge is -2.15. The van der Waals surface area contributed by atoms with Crippen molar-refractivity contribution in [2.45, 2.75) is 26.2 Å². The highest BCUT2D eigenvalue weighted by atomic mass is 16.7. The van der Waals surface area contributed by atoms with Crippen molar-refractivity contribution in [1.29, 1.82) is 0 Å². The summed E-state index contributed by atoms with van der Waals surface area (Å²) in [5.74, 6) is -0.395. The molecule has 11 heavy (non-hydrogen) atoms. The lowest BCUT2D eigenvalue weighted by Crippen LogP contribution is -2.27. The summed E-state index contributed by atoms with van der Waals surface area (Å²) in [5.41, 5.74) is 0. The summed E-state index contributed by atoms with van der Waals surface area (Å²) in [6.45, 7) is 3.32. The SMILES string of the molecule is COC(=O)C(C)OC(C)OC. The molecule has 0 aliphatic heterocycles. The molecule has 0 saturated heterocycles. The predicted molar refractivity (Wildman–Crippen MR) is 39.0 cm³/mol. The summed E-state index contributed by atoms with van der Waals surface area (Å²) in [7, 11) is 2.83. The minimum absolute atomic E-state index is 0.385. The zero-order valence-corrected chi connectivity index (χ0v) is 7.29. The number of hydrogen-bond donors (Lipinski definition) is 0. The monoisotopic (exact) mass is 162 g/mol. The van der Waals surface area contributed by atoms with Gasteiger partial charge in [0.15, 0.2) is 12.4 Å². The molecule has 0 fully saturated rings. The van der Waals surface area contributed by atoms with E-state index >= 15 is 0 Å². The third-order valence-corrected chi connectivity index (χ3v) is 1.26. The molecule has 0 saturated carbocycles. The summed E-state index contributed by atoms with van der Waals surface area (Å²) in [6, 6.07) is 0. The zero-order valence-electron chi connectivity index (χ0n) is 7.29. The normalized spacial score (nSPS) is 15.6. The van der Waals surface area contributed by atoms with Gasteiger partial charge in [0.2, 0.25) is 0 Å². The largest absolute Gasteiger partial charge is 0.467 e. The molecule has 2 unspecified atom stereocenters. The molecular formula is C7H14O4. The lowest BCUT2D eigenvalue weighted by atomic mass is 10.4. The van der Waals surface area contributed by atoms with Crippen molar-refractivity contribution in [3.8, 4) is 0 Å². The minimum atomic E-state index is -0.574. The van der Waals surface area contributed by atoms with Gasteiger partial charge in [-0.05, 0) is 13.8 Å². The van der Waals surface area contributed by atoms with E-state index in [4.69, 9.17) is 9.47 Å². The Labute approximate surface area is 66.4 Å². The number of carbonyl (C=O) groups excluding carboxylic acids is 1. The van der Waals surface area contributed by atoms with E-state index < -0.39 is 12.1 Å². The smallest absolute Gasteiger partial charge is 0.334 e. The molecule has 0 aromatic rings. The molecule has 0 N–H and O–H groups in total. The first-order valence-corrected chi connectivity index (χ1v) is 3.38. The lowest BCUT2D eigenvalue weighted by molar-refractivity contribution is -0.177. The number of esters is 1. The summed E-state index contributed by atoms with van der Waals surface area (Å²) in [4.78, 5) is 10.8. The minimum Gasteiger partial charge on any atom is -0.467 e. The Bertz CT molecular complexity index is 124. The van der Waals surface area contributed by atoms with Gasteiger partial charge in [-0.25, -0.2) is 4.79 Å². The molecule has 0 aromatic heterocycles. The van der Waals surface area contributed by atoms with Gasteiger partial charge in [0, 0.05) is 7.11 Å². The summed E-state index contributed by atoms with van der Waals surface area (Å²) < 4.78 is 14.3. The quantitative estimate of drug-likeness (QED) is 0.447. The van der Waals surface area contributed by atoms with Gasteiger partial charge in [-0.2, -0.15) is 0 Å². The van der Waals surface area contributed by atoms with Gasteiger partial charge < -0.3 is 14.2 Å². The van der Waals surface area contributed by atoms with E-state index in [1.807, 2.05) is 0 Å². The van der Waals surface area contributed by atoms with Crippen LogP contribution in [0, 0.1) is 0 Å². The highest BCUT2D eigenvalue weighted by molar-refractivity contribution is 5.73. The molecule has 0 spiro atoms. The number of ether oxygens (including phenoxy) is 3. The van der Waals surface area contributed by atoms with Gasteiger partial charge in [-0.1, -0.05) is 0 Å². The molecule has 0 aromatic carbocycles. The van der Waals surface area contributed by atoms with Gasteiger partial charge in [-0.15, -0.1) is 0 Å². The van der Waals surface area contributed by atoms with Crippen molar-refractivity contribution in [2.75, 3.05) is 14.2 Å². The van der Waals surface area contributed by atoms with Crippen molar-refractivity contribution in [1.82, 2.24) is 0 Å². The number of hydrogen-bond acceptors (Lipinski definition) is 4. The van der Waals surface area contributed by atoms with E-state index in [-0.39, 0.29) is 6.29 Å². The fraction of sp³-hybridized carbons (Fsp3) is 0.857. The van der Waals surface area contributed by atoms with E-state index in [2.05, 4.69) is 4.74 Å². The van der Waals surface area contributed by atoms with Crippen LogP contribution in [0.15, 0.2) is 0 Å². The topological polar surface area (TPSA) is 44.8 Å². The first kappa shape index (κ1) is 10.4. The van der Waals surface area contributed by atoms with Crippen LogP contribution >= 0.6 is 0 Å². The Hall–Kier alpha value is -0.610. The summed E-state index contributed by atoms with van der Waals surface area (Å²) in [6.07, 6.45) is -0.959. The molecule has 0 aliphatic carbocycles. The molecule has 0 amide bonds. The van der Waals surface area contributed by atoms with E-state index in [0.717, 1.165) is 0 Å². The molecule has 66 valence electrons. The maximum absolute atomic E-state index is 10.8. The average molecular weight is 162 g/mol. The molecular weight excluding hydrogens is 148 g/mol. The number of methoxy groups -OCH3 is 2. The average Bonchev–Trinajstić information content (AvgIpc) is 2.02. The van der Waals surface area contributed by atoms with E-state index in [1.54, 1.807) is 13.8 Å². The van der Waals surface area contributed by atoms with Gasteiger partial charge in [0.05, 0.1) is 7.11 Å². The second-order valence-electron chi connectivity index (χ2n) is 2.10. The van der Waals surface area contributed by atoms with Gasteiger partial charge >= 0.3 is 5.97 Å². The van der Waals surface area contributed by atoms with Crippen LogP contribution in [0.1, 0.15) is 13.8 Å². The van der Waals surface area contributed by atoms with Crippen LogP contribution in [0.5, 0.6) is 0 Å². The third-order valence-electron chi connectivity index (χ3n) is 1.26. The summed E-state index contributed by atoms with van der Waals surface area (Å²) in [5, 5.41) is 0. The summed E-state index contributed by atoms with van der Waals surface area (Å²) >= 11 is 0. The van der Waals surface area contributed by atoms with Crippen LogP contribution in [0.2, 0.25) is 0 Å². The van der Waals surface area contributed by atoms with Crippen LogP contribution in [-0.4, -0.2) is 32.6 Å². The van der Waals surface area contributed by atoms with Gasteiger partial charge in [0.25, 0.3) is 0 Å². The molecule has 0 aliphatic rings. The second-order valence-corrected chi connectivity index (χ2v) is 2.10. The van der Waals surface area contributed by atoms with Crippen molar-refractivity contribution in [3.63, 3.8) is 0 Å². The van der Waals surface area contributed by atoms with Crippen LogP contribution in [0.25, 0.3) is 0 Å². The Morgan fingerprint density at radius 1 is 1.27 bits per heavy atom. The Morgan fingerprint density at radius 2 is 1.82 bits per heavy atom. The van der Waals surface area contributed by atoms with Crippen molar-refractivity contribution in [2.24, 2.45) is 0 Å². The van der Waals surface area contributed by atoms with Crippen molar-refractivity contribution >= 4 is 5.97 Å². The highest BCUT2D eigenvalue weighted by Crippen LogP contribution is 1.99. The Morgan fingerprint density at radius 3 is 2.18 bits per heavy atom. The second kappa shape index (κ2) is 5.09. The molecule has 0 radical (unpaired) electrons. The van der Waals surface area contributed by atoms with E-state index in [0.29, 0.717) is 0 Å². The standard InChI is InChI=1S/C7H14O4/c1-5(7(8)10-4)11-6(2)9-3/h5-6H,1-4H3. The van der Waals surface area contributed by atoms with E-state index in [1.165, 1.54) is 14.2 Å². The first-order chi connectivity index (χ1) is 5.11. The van der Waals surface area contributed by atoms with Crippen LogP contribution in [0.3, 0.4) is 0 Å². The van der Waals surface area contributed by atoms with Gasteiger partial charge in [-0.3, -0.25) is 0 Å².